The molecule has 4 aromatic heterocycles. The summed E-state index contributed by atoms with van der Waals surface area (Å²) in [5.74, 6) is -0.614. The average molecular weight is 1050 g/mol. The van der Waals surface area contributed by atoms with Crippen molar-refractivity contribution in [2.75, 3.05) is 30.0 Å². The van der Waals surface area contributed by atoms with Gasteiger partial charge < -0.3 is 40.6 Å². The Morgan fingerprint density at radius 1 is 0.895 bits per heavy atom. The molecule has 3 atom stereocenters. The van der Waals surface area contributed by atoms with Gasteiger partial charge in [0.2, 0.25) is 23.3 Å². The van der Waals surface area contributed by atoms with Gasteiger partial charge in [-0.2, -0.15) is 10.4 Å². The van der Waals surface area contributed by atoms with Crippen LogP contribution in [-0.4, -0.2) is 108 Å². The molecule has 5 N–H and O–H groups in total. The molecule has 0 bridgehead atoms. The Bertz CT molecular complexity index is 3060. The van der Waals surface area contributed by atoms with Gasteiger partial charge in [-0.05, 0) is 97.0 Å². The number of carbonyl (C=O) groups excluding carboxylic acids is 4. The zero-order valence-corrected chi connectivity index (χ0v) is 44.4. The molecule has 2 aliphatic rings. The first-order chi connectivity index (χ1) is 36.5. The van der Waals surface area contributed by atoms with Crippen LogP contribution in [0.3, 0.4) is 0 Å². The standard InChI is InChI=1S/C56H66N12O7S/c1-36-51(76-35-61-36)41-10-7-37(8-11-41)27-59-53(72)47-25-46(69)33-67(47)54(73)52(56(2,3)4)64-49(70)34-75-24-6-23-66-31-39(30-62-66)29-60-55(74)68(44-17-12-40(13-18-44)42-14-22-50(71)65(5)32-42)45-19-15-43(16-20-45)63-48-21-9-38(26-57)28-58-48/h7-14,17-18,21-22,28,30-32,35,43,45-47,52,69H,6,15-16,19-20,23-25,27,29,33-34H2,1-5H3,(H,58,63)(H,59,72)(H,60,74)(H,64,70)/t43-,45-,46-,47+,52-/m1/s1. The predicted molar refractivity (Wildman–Crippen MR) is 290 cm³/mol. The normalized spacial score (nSPS) is 17.8. The quantitative estimate of drug-likeness (QED) is 0.0562. The first-order valence-corrected chi connectivity index (χ1v) is 26.5. The van der Waals surface area contributed by atoms with E-state index in [0.29, 0.717) is 24.3 Å². The Morgan fingerprint density at radius 3 is 2.29 bits per heavy atom. The Balaban J connectivity index is 0.801. The number of nitrogens with one attached hydrogen (secondary N) is 4. The van der Waals surface area contributed by atoms with Gasteiger partial charge in [-0.15, -0.1) is 11.3 Å². The second-order valence-corrected chi connectivity index (χ2v) is 21.5. The monoisotopic (exact) mass is 1050 g/mol. The molecule has 5 amide bonds. The lowest BCUT2D eigenvalue weighted by atomic mass is 9.85. The molecule has 1 aliphatic carbocycles. The first-order valence-electron chi connectivity index (χ1n) is 25.6. The molecule has 6 aromatic rings. The third kappa shape index (κ3) is 13.9. The minimum absolute atomic E-state index is 0.0319. The fourth-order valence-corrected chi connectivity index (χ4v) is 10.5. The van der Waals surface area contributed by atoms with Crippen molar-refractivity contribution in [3.63, 3.8) is 0 Å². The summed E-state index contributed by atoms with van der Waals surface area (Å²) in [6.45, 7) is 8.34. The maximum atomic E-state index is 14.2. The molecule has 2 fully saturated rings. The summed E-state index contributed by atoms with van der Waals surface area (Å²) in [6, 6.07) is 22.5. The summed E-state index contributed by atoms with van der Waals surface area (Å²) in [4.78, 5) is 80.1. The van der Waals surface area contributed by atoms with E-state index in [2.05, 4.69) is 42.4 Å². The highest BCUT2D eigenvalue weighted by molar-refractivity contribution is 7.13. The van der Waals surface area contributed by atoms with Crippen LogP contribution in [0.2, 0.25) is 0 Å². The number of amides is 5. The van der Waals surface area contributed by atoms with E-state index in [9.17, 15) is 29.1 Å². The summed E-state index contributed by atoms with van der Waals surface area (Å²) < 4.78 is 9.03. The number of likely N-dealkylation sites (tertiary alicyclic amines) is 1. The molecule has 398 valence electrons. The second-order valence-electron chi connectivity index (χ2n) is 20.6. The van der Waals surface area contributed by atoms with E-state index in [1.165, 1.54) is 15.5 Å². The van der Waals surface area contributed by atoms with Crippen molar-refractivity contribution < 1.29 is 29.0 Å². The lowest BCUT2D eigenvalue weighted by molar-refractivity contribution is -0.144. The average Bonchev–Trinajstić information content (AvgIpc) is 4.20. The molecule has 20 heteroatoms. The Morgan fingerprint density at radius 2 is 1.62 bits per heavy atom. The topological polar surface area (TPSA) is 242 Å². The van der Waals surface area contributed by atoms with Crippen LogP contribution in [-0.2, 0) is 45.8 Å². The van der Waals surface area contributed by atoms with Crippen molar-refractivity contribution in [3.8, 4) is 27.6 Å². The highest BCUT2D eigenvalue weighted by Crippen LogP contribution is 2.32. The van der Waals surface area contributed by atoms with Crippen molar-refractivity contribution in [2.45, 2.75) is 116 Å². The summed E-state index contributed by atoms with van der Waals surface area (Å²) in [5.41, 5.74) is 7.72. The number of β-amino-alcohol motifs (C(OH)–C–C–N with tert-alkyl or cyclic N) is 1. The van der Waals surface area contributed by atoms with Crippen LogP contribution in [0, 0.1) is 23.7 Å². The van der Waals surface area contributed by atoms with Crippen LogP contribution < -0.4 is 31.7 Å². The fourth-order valence-electron chi connectivity index (χ4n) is 9.67. The number of ether oxygens (including phenoxy) is 1. The smallest absolute Gasteiger partial charge is 0.322 e. The highest BCUT2D eigenvalue weighted by atomic mass is 32.1. The van der Waals surface area contributed by atoms with Gasteiger partial charge in [-0.25, -0.2) is 14.8 Å². The van der Waals surface area contributed by atoms with E-state index in [4.69, 9.17) is 10.00 Å². The zero-order valence-electron chi connectivity index (χ0n) is 43.6. The van der Waals surface area contributed by atoms with E-state index >= 15 is 0 Å². The Kier molecular flexibility index (Phi) is 17.8. The van der Waals surface area contributed by atoms with E-state index in [-0.39, 0.29) is 68.9 Å². The Labute approximate surface area is 446 Å². The number of anilines is 2. The second kappa shape index (κ2) is 24.7. The molecule has 1 saturated carbocycles. The van der Waals surface area contributed by atoms with Crippen LogP contribution in [0.1, 0.15) is 81.7 Å². The molecule has 1 saturated heterocycles. The molecule has 1 aliphatic heterocycles. The Hall–Kier alpha value is -7.73. The van der Waals surface area contributed by atoms with Gasteiger partial charge in [-0.1, -0.05) is 57.2 Å². The molecule has 8 rings (SSSR count). The summed E-state index contributed by atoms with van der Waals surface area (Å²) in [6.07, 6.45) is 9.74. The maximum absolute atomic E-state index is 14.2. The number of aliphatic hydroxyl groups excluding tert-OH is 1. The predicted octanol–water partition coefficient (Wildman–Crippen LogP) is 6.30. The maximum Gasteiger partial charge on any atom is 0.322 e. The molecule has 0 spiro atoms. The highest BCUT2D eigenvalue weighted by Gasteiger charge is 2.44. The largest absolute Gasteiger partial charge is 0.391 e. The molecule has 76 heavy (non-hydrogen) atoms. The molecular weight excluding hydrogens is 985 g/mol. The van der Waals surface area contributed by atoms with Gasteiger partial charge in [0.25, 0.3) is 0 Å². The van der Waals surface area contributed by atoms with Crippen molar-refractivity contribution >= 4 is 46.6 Å². The van der Waals surface area contributed by atoms with Crippen LogP contribution in [0.15, 0.2) is 108 Å². The van der Waals surface area contributed by atoms with E-state index in [1.807, 2.05) is 92.8 Å². The number of hydrogen-bond acceptors (Lipinski definition) is 13. The number of pyridine rings is 2. The third-order valence-corrected chi connectivity index (χ3v) is 14.8. The summed E-state index contributed by atoms with van der Waals surface area (Å²) in [5, 5.41) is 36.6. The van der Waals surface area contributed by atoms with Gasteiger partial charge >= 0.3 is 6.03 Å². The van der Waals surface area contributed by atoms with Crippen LogP contribution in [0.4, 0.5) is 16.3 Å². The van der Waals surface area contributed by atoms with Crippen molar-refractivity contribution in [2.24, 2.45) is 12.5 Å². The number of carbonyl (C=O) groups is 4. The number of urea groups is 1. The molecular formula is C56H66N12O7S. The number of nitrogens with zero attached hydrogens (tertiary/aromatic N) is 8. The SMILES string of the molecule is Cc1ncsc1-c1ccc(CNC(=O)[C@@H]2C[C@@H](O)CN2C(=O)[C@@H](NC(=O)COCCCn2cc(CNC(=O)N(c3ccc(-c4ccc(=O)n(C)c4)cc3)[C@H]3CC[C@H](Nc4ccc(C#N)cn4)CC3)cn2)C(C)(C)C)cc1. The van der Waals surface area contributed by atoms with Crippen LogP contribution in [0.5, 0.6) is 0 Å². The van der Waals surface area contributed by atoms with Crippen LogP contribution in [0.25, 0.3) is 21.6 Å². The van der Waals surface area contributed by atoms with Crippen molar-refractivity contribution in [1.82, 2.24) is 45.2 Å². The number of nitriles is 1. The van der Waals surface area contributed by atoms with Crippen LogP contribution >= 0.6 is 11.3 Å². The molecule has 19 nitrogen and oxygen atoms in total. The van der Waals surface area contributed by atoms with Gasteiger partial charge in [0, 0.05) is 94.2 Å². The fraction of sp³-hybridized carbons (Fsp3) is 0.411. The summed E-state index contributed by atoms with van der Waals surface area (Å²) >= 11 is 1.57. The number of thiazole rings is 1. The number of aromatic nitrogens is 5. The van der Waals surface area contributed by atoms with E-state index in [0.717, 1.165) is 69.8 Å². The van der Waals surface area contributed by atoms with Crippen molar-refractivity contribution in [1.29, 1.82) is 5.26 Å². The number of benzene rings is 2. The molecule has 0 radical (unpaired) electrons. The first kappa shape index (κ1) is 54.5. The van der Waals surface area contributed by atoms with E-state index in [1.54, 1.807) is 59.9 Å². The zero-order chi connectivity index (χ0) is 53.9. The third-order valence-electron chi connectivity index (χ3n) is 13.8. The van der Waals surface area contributed by atoms with Gasteiger partial charge in [0.05, 0.1) is 33.9 Å². The van der Waals surface area contributed by atoms with Crippen molar-refractivity contribution in [3.05, 3.63) is 136 Å². The lowest BCUT2D eigenvalue weighted by Crippen LogP contribution is -2.58. The molecule has 0 unspecified atom stereocenters. The van der Waals surface area contributed by atoms with E-state index < -0.39 is 35.4 Å². The number of aliphatic hydroxyl groups is 1. The number of hydrogen-bond donors (Lipinski definition) is 5. The molecule has 2 aromatic carbocycles. The van der Waals surface area contributed by atoms with Gasteiger partial charge in [0.1, 0.15) is 30.6 Å². The minimum atomic E-state index is -0.989. The lowest BCUT2D eigenvalue weighted by Gasteiger charge is -2.37. The van der Waals surface area contributed by atoms with Gasteiger partial charge in [-0.3, -0.25) is 28.8 Å². The molecule has 5 heterocycles. The van der Waals surface area contributed by atoms with Gasteiger partial charge in [0.15, 0.2) is 0 Å². The number of rotatable bonds is 19. The minimum Gasteiger partial charge on any atom is -0.391 e. The summed E-state index contributed by atoms with van der Waals surface area (Å²) in [7, 11) is 1.71. The number of aryl methyl sites for hydroxylation is 3.